The molecule has 0 aromatic heterocycles. The van der Waals surface area contributed by atoms with Gasteiger partial charge < -0.3 is 14.9 Å². The van der Waals surface area contributed by atoms with Crippen molar-refractivity contribution in [1.29, 1.82) is 0 Å². The molecule has 2 N–H and O–H groups in total. The van der Waals surface area contributed by atoms with Gasteiger partial charge in [0.2, 0.25) is 11.8 Å². The van der Waals surface area contributed by atoms with Gasteiger partial charge in [0.05, 0.1) is 5.88 Å². The summed E-state index contributed by atoms with van der Waals surface area (Å²) in [5.41, 5.74) is 0. The molecule has 0 spiro atoms. The maximum atomic E-state index is 12.3. The molecule has 2 aliphatic rings. The first-order valence-corrected chi connectivity index (χ1v) is 6.78. The van der Waals surface area contributed by atoms with E-state index in [1.165, 1.54) is 23.6 Å². The van der Waals surface area contributed by atoms with Crippen LogP contribution in [-0.2, 0) is 14.4 Å². The van der Waals surface area contributed by atoms with Gasteiger partial charge in [0, 0.05) is 5.75 Å². The Balaban J connectivity index is 2.16. The zero-order chi connectivity index (χ0) is 14.2. The molecule has 0 aromatic carbocycles. The van der Waals surface area contributed by atoms with Gasteiger partial charge in [-0.3, -0.25) is 14.9 Å². The Bertz CT molecular complexity index is 454. The molecule has 2 unspecified atom stereocenters. The van der Waals surface area contributed by atoms with Crippen LogP contribution in [0.4, 0.5) is 4.79 Å². The number of aliphatic carboxylic acids is 1. The molecule has 0 aliphatic carbocycles. The normalized spacial score (nSPS) is 27.4. The van der Waals surface area contributed by atoms with Crippen molar-refractivity contribution in [1.82, 2.24) is 15.1 Å². The summed E-state index contributed by atoms with van der Waals surface area (Å²) in [6.45, 7) is 1.26. The van der Waals surface area contributed by atoms with E-state index >= 15 is 0 Å². The number of imide groups is 1. The Hall–Kier alpha value is -1.77. The number of carboxylic acid groups (broad SMARTS) is 1. The number of carbonyl (C=O) groups excluding carboxylic acids is 3. The standard InChI is InChI=1S/C10H13N3O5S/c1-5-8(15)11-7(14)2-12(5)10(18)13-4-19-3-6(13)9(16)17/h5-6H,2-4H2,1H3,(H,16,17)(H,11,14,15). The molecule has 104 valence electrons. The van der Waals surface area contributed by atoms with Gasteiger partial charge in [-0.1, -0.05) is 0 Å². The number of hydrogen-bond acceptors (Lipinski definition) is 5. The Morgan fingerprint density at radius 1 is 1.37 bits per heavy atom. The number of carbonyl (C=O) groups is 4. The van der Waals surface area contributed by atoms with Gasteiger partial charge in [-0.2, -0.15) is 0 Å². The lowest BCUT2D eigenvalue weighted by Gasteiger charge is -2.35. The van der Waals surface area contributed by atoms with Crippen molar-refractivity contribution in [2.75, 3.05) is 18.2 Å². The molecule has 0 bridgehead atoms. The quantitative estimate of drug-likeness (QED) is 0.594. The third-order valence-electron chi connectivity index (χ3n) is 3.08. The number of hydrogen-bond donors (Lipinski definition) is 2. The van der Waals surface area contributed by atoms with Crippen LogP contribution in [0.3, 0.4) is 0 Å². The number of urea groups is 1. The van der Waals surface area contributed by atoms with Crippen molar-refractivity contribution in [3.05, 3.63) is 0 Å². The fraction of sp³-hybridized carbons (Fsp3) is 0.600. The fourth-order valence-electron chi connectivity index (χ4n) is 1.95. The van der Waals surface area contributed by atoms with E-state index in [2.05, 4.69) is 5.32 Å². The molecular formula is C10H13N3O5S. The highest BCUT2D eigenvalue weighted by Crippen LogP contribution is 2.23. The lowest BCUT2D eigenvalue weighted by Crippen LogP contribution is -2.62. The van der Waals surface area contributed by atoms with Gasteiger partial charge >= 0.3 is 12.0 Å². The lowest BCUT2D eigenvalue weighted by atomic mass is 10.2. The number of thioether (sulfide) groups is 1. The third-order valence-corrected chi connectivity index (χ3v) is 4.09. The highest BCUT2D eigenvalue weighted by atomic mass is 32.2. The topological polar surface area (TPSA) is 107 Å². The molecule has 9 heteroatoms. The number of nitrogens with zero attached hydrogens (tertiary/aromatic N) is 2. The molecule has 2 heterocycles. The molecular weight excluding hydrogens is 274 g/mol. The second kappa shape index (κ2) is 5.08. The smallest absolute Gasteiger partial charge is 0.327 e. The Labute approximate surface area is 113 Å². The molecule has 0 radical (unpaired) electrons. The largest absolute Gasteiger partial charge is 0.480 e. The second-order valence-corrected chi connectivity index (χ2v) is 5.32. The first kappa shape index (κ1) is 13.7. The molecule has 0 saturated carbocycles. The monoisotopic (exact) mass is 287 g/mol. The summed E-state index contributed by atoms with van der Waals surface area (Å²) in [6.07, 6.45) is 0. The highest BCUT2D eigenvalue weighted by molar-refractivity contribution is 7.99. The minimum atomic E-state index is -1.08. The zero-order valence-electron chi connectivity index (χ0n) is 10.2. The van der Waals surface area contributed by atoms with Gasteiger partial charge in [-0.15, -0.1) is 11.8 Å². The lowest BCUT2D eigenvalue weighted by molar-refractivity contribution is -0.141. The van der Waals surface area contributed by atoms with Crippen LogP contribution in [0, 0.1) is 0 Å². The van der Waals surface area contributed by atoms with Crippen LogP contribution in [0.5, 0.6) is 0 Å². The first-order valence-electron chi connectivity index (χ1n) is 5.63. The molecule has 19 heavy (non-hydrogen) atoms. The van der Waals surface area contributed by atoms with Gasteiger partial charge in [0.25, 0.3) is 0 Å². The van der Waals surface area contributed by atoms with Crippen LogP contribution in [0.25, 0.3) is 0 Å². The molecule has 2 rings (SSSR count). The molecule has 2 aliphatic heterocycles. The highest BCUT2D eigenvalue weighted by Gasteiger charge is 2.41. The molecule has 4 amide bonds. The van der Waals surface area contributed by atoms with Gasteiger partial charge in [-0.25, -0.2) is 9.59 Å². The predicted octanol–water partition coefficient (Wildman–Crippen LogP) is -1.09. The van der Waals surface area contributed by atoms with E-state index < -0.39 is 35.9 Å². The van der Waals surface area contributed by atoms with Crippen LogP contribution < -0.4 is 5.32 Å². The van der Waals surface area contributed by atoms with Crippen LogP contribution >= 0.6 is 11.8 Å². The summed E-state index contributed by atoms with van der Waals surface area (Å²) >= 11 is 1.33. The minimum absolute atomic E-state index is 0.237. The Morgan fingerprint density at radius 3 is 2.68 bits per heavy atom. The summed E-state index contributed by atoms with van der Waals surface area (Å²) < 4.78 is 0. The van der Waals surface area contributed by atoms with Crippen LogP contribution in [0.2, 0.25) is 0 Å². The van der Waals surface area contributed by atoms with Crippen molar-refractivity contribution in [2.45, 2.75) is 19.0 Å². The van der Waals surface area contributed by atoms with Crippen LogP contribution in [-0.4, -0.2) is 69.0 Å². The van der Waals surface area contributed by atoms with Gasteiger partial charge in [-0.05, 0) is 6.92 Å². The van der Waals surface area contributed by atoms with Crippen molar-refractivity contribution in [3.63, 3.8) is 0 Å². The summed E-state index contributed by atoms with van der Waals surface area (Å²) in [7, 11) is 0. The first-order chi connectivity index (χ1) is 8.91. The summed E-state index contributed by atoms with van der Waals surface area (Å²) in [6, 6.07) is -2.29. The van der Waals surface area contributed by atoms with Crippen molar-refractivity contribution in [2.24, 2.45) is 0 Å². The summed E-state index contributed by atoms with van der Waals surface area (Å²) in [4.78, 5) is 48.4. The second-order valence-electron chi connectivity index (χ2n) is 4.32. The molecule has 8 nitrogen and oxygen atoms in total. The van der Waals surface area contributed by atoms with E-state index in [1.54, 1.807) is 0 Å². The average Bonchev–Trinajstić information content (AvgIpc) is 2.82. The fourth-order valence-corrected chi connectivity index (χ4v) is 3.09. The van der Waals surface area contributed by atoms with E-state index in [-0.39, 0.29) is 12.4 Å². The third kappa shape index (κ3) is 2.50. The average molecular weight is 287 g/mol. The van der Waals surface area contributed by atoms with Crippen molar-refractivity contribution >= 4 is 35.6 Å². The molecule has 2 fully saturated rings. The van der Waals surface area contributed by atoms with Gasteiger partial charge in [0.1, 0.15) is 18.6 Å². The van der Waals surface area contributed by atoms with Crippen LogP contribution in [0.1, 0.15) is 6.92 Å². The molecule has 0 aromatic rings. The summed E-state index contributed by atoms with van der Waals surface area (Å²) in [5.74, 6) is -1.64. The molecule has 2 saturated heterocycles. The van der Waals surface area contributed by atoms with Crippen molar-refractivity contribution in [3.8, 4) is 0 Å². The number of rotatable bonds is 1. The SMILES string of the molecule is CC1C(=O)NC(=O)CN1C(=O)N1CSCC1C(=O)O. The minimum Gasteiger partial charge on any atom is -0.480 e. The van der Waals surface area contributed by atoms with E-state index in [0.717, 1.165) is 4.90 Å². The van der Waals surface area contributed by atoms with Gasteiger partial charge in [0.15, 0.2) is 0 Å². The van der Waals surface area contributed by atoms with E-state index in [1.807, 2.05) is 0 Å². The van der Waals surface area contributed by atoms with E-state index in [4.69, 9.17) is 5.11 Å². The van der Waals surface area contributed by atoms with E-state index in [0.29, 0.717) is 5.75 Å². The number of amides is 4. The number of piperazine rings is 1. The number of carboxylic acids is 1. The maximum absolute atomic E-state index is 12.3. The summed E-state index contributed by atoms with van der Waals surface area (Å²) in [5, 5.41) is 11.2. The number of nitrogens with one attached hydrogen (secondary N) is 1. The van der Waals surface area contributed by atoms with Crippen LogP contribution in [0.15, 0.2) is 0 Å². The Kier molecular flexibility index (Phi) is 3.65. The molecule has 2 atom stereocenters. The van der Waals surface area contributed by atoms with Crippen molar-refractivity contribution < 1.29 is 24.3 Å². The maximum Gasteiger partial charge on any atom is 0.327 e. The zero-order valence-corrected chi connectivity index (χ0v) is 11.0. The Morgan fingerprint density at radius 2 is 2.05 bits per heavy atom. The van der Waals surface area contributed by atoms with E-state index in [9.17, 15) is 19.2 Å². The predicted molar refractivity (Wildman–Crippen MR) is 65.3 cm³/mol.